The molecular weight excluding hydrogens is 622 g/mol. The van der Waals surface area contributed by atoms with Gasteiger partial charge >= 0.3 is 0 Å². The van der Waals surface area contributed by atoms with E-state index in [1.807, 2.05) is 12.1 Å². The van der Waals surface area contributed by atoms with Gasteiger partial charge in [-0.1, -0.05) is 33.8 Å². The van der Waals surface area contributed by atoms with E-state index in [1.54, 1.807) is 18.3 Å². The molecule has 185 valence electrons. The van der Waals surface area contributed by atoms with E-state index in [9.17, 15) is 9.18 Å². The van der Waals surface area contributed by atoms with Crippen LogP contribution in [0.4, 0.5) is 4.39 Å². The number of allylic oxidation sites excluding steroid dienone is 2. The van der Waals surface area contributed by atoms with E-state index >= 15 is 0 Å². The summed E-state index contributed by atoms with van der Waals surface area (Å²) in [6, 6.07) is 18.0. The Hall–Kier alpha value is -3.08. The van der Waals surface area contributed by atoms with E-state index in [2.05, 4.69) is 50.9 Å². The summed E-state index contributed by atoms with van der Waals surface area (Å²) in [5.41, 5.74) is 5.81. The maximum atomic E-state index is 13.2. The molecular formula is C29H29FIrNO3-. The molecule has 1 N–H and O–H groups in total. The van der Waals surface area contributed by atoms with Crippen molar-refractivity contribution in [2.24, 2.45) is 0 Å². The number of aliphatic hydroxyl groups is 1. The molecule has 1 radical (unpaired) electrons. The fourth-order valence-corrected chi connectivity index (χ4v) is 3.43. The van der Waals surface area contributed by atoms with Crippen LogP contribution in [0.25, 0.3) is 33.6 Å². The van der Waals surface area contributed by atoms with E-state index < -0.39 is 0 Å². The van der Waals surface area contributed by atoms with E-state index in [0.29, 0.717) is 11.3 Å². The molecule has 0 aliphatic rings. The summed E-state index contributed by atoms with van der Waals surface area (Å²) in [4.78, 5) is 14.6. The second kappa shape index (κ2) is 11.6. The number of halogens is 1. The van der Waals surface area contributed by atoms with Gasteiger partial charge in [-0.3, -0.25) is 4.79 Å². The quantitative estimate of drug-likeness (QED) is 0.140. The predicted molar refractivity (Wildman–Crippen MR) is 134 cm³/mol. The Kier molecular flexibility index (Phi) is 9.31. The molecule has 0 unspecified atom stereocenters. The largest absolute Gasteiger partial charge is 0.512 e. The third-order valence-corrected chi connectivity index (χ3v) is 5.09. The maximum absolute atomic E-state index is 13.2. The minimum atomic E-state index is -0.261. The van der Waals surface area contributed by atoms with Crippen molar-refractivity contribution >= 4 is 16.8 Å². The van der Waals surface area contributed by atoms with Crippen LogP contribution in [0.3, 0.4) is 0 Å². The summed E-state index contributed by atoms with van der Waals surface area (Å²) in [5, 5.41) is 9.33. The fraction of sp³-hybridized carbons (Fsp3) is 0.241. The van der Waals surface area contributed by atoms with Gasteiger partial charge in [-0.25, -0.2) is 4.39 Å². The molecule has 6 heteroatoms. The summed E-state index contributed by atoms with van der Waals surface area (Å²) >= 11 is 0. The van der Waals surface area contributed by atoms with Gasteiger partial charge in [0.15, 0.2) is 11.4 Å². The Morgan fingerprint density at radius 2 is 1.74 bits per heavy atom. The number of carbonyl (C=O) groups is 1. The number of benzene rings is 2. The number of aryl methyl sites for hydroxylation is 1. The zero-order chi connectivity index (χ0) is 25.0. The number of furan rings is 1. The number of ketones is 1. The predicted octanol–water partition coefficient (Wildman–Crippen LogP) is 7.74. The van der Waals surface area contributed by atoms with Crippen molar-refractivity contribution in [2.45, 2.75) is 47.0 Å². The zero-order valence-corrected chi connectivity index (χ0v) is 23.1. The van der Waals surface area contributed by atoms with E-state index in [4.69, 9.17) is 9.52 Å². The van der Waals surface area contributed by atoms with Gasteiger partial charge in [0.25, 0.3) is 0 Å². The van der Waals surface area contributed by atoms with Crippen molar-refractivity contribution < 1.29 is 38.8 Å². The van der Waals surface area contributed by atoms with Gasteiger partial charge in [-0.05, 0) is 55.3 Å². The second-order valence-electron chi connectivity index (χ2n) is 9.34. The summed E-state index contributed by atoms with van der Waals surface area (Å²) in [5.74, 6) is 0.378. The molecule has 2 aromatic heterocycles. The van der Waals surface area contributed by atoms with Crippen LogP contribution in [0.2, 0.25) is 0 Å². The van der Waals surface area contributed by atoms with E-state index in [0.717, 1.165) is 27.8 Å². The summed E-state index contributed by atoms with van der Waals surface area (Å²) < 4.78 is 19.0. The number of aromatic nitrogens is 1. The Labute approximate surface area is 219 Å². The van der Waals surface area contributed by atoms with E-state index in [-0.39, 0.29) is 42.9 Å². The molecule has 0 fully saturated rings. The van der Waals surface area contributed by atoms with E-state index in [1.165, 1.54) is 37.6 Å². The molecule has 0 aliphatic heterocycles. The zero-order valence-electron chi connectivity index (χ0n) is 20.7. The third-order valence-electron chi connectivity index (χ3n) is 5.09. The molecule has 0 spiro atoms. The molecule has 0 saturated heterocycles. The van der Waals surface area contributed by atoms with Crippen LogP contribution < -0.4 is 0 Å². The van der Waals surface area contributed by atoms with Gasteiger partial charge in [-0.2, -0.15) is 0 Å². The topological polar surface area (TPSA) is 63.3 Å². The van der Waals surface area contributed by atoms with Crippen molar-refractivity contribution in [2.75, 3.05) is 0 Å². The first-order chi connectivity index (χ1) is 15.9. The van der Waals surface area contributed by atoms with Gasteiger partial charge in [-0.15, -0.1) is 34.9 Å². The Bertz CT molecular complexity index is 1340. The number of aliphatic hydroxyl groups excluding tert-OH is 1. The average molecular weight is 651 g/mol. The van der Waals surface area contributed by atoms with Crippen LogP contribution in [-0.4, -0.2) is 15.9 Å². The van der Waals surface area contributed by atoms with Gasteiger partial charge < -0.3 is 14.5 Å². The van der Waals surface area contributed by atoms with Gasteiger partial charge in [0, 0.05) is 37.1 Å². The summed E-state index contributed by atoms with van der Waals surface area (Å²) in [6.45, 7) is 11.5. The number of hydrogen-bond donors (Lipinski definition) is 1. The number of carbonyl (C=O) groups excluding carboxylic acids is 1. The molecule has 35 heavy (non-hydrogen) atoms. The van der Waals surface area contributed by atoms with Crippen LogP contribution in [-0.2, 0) is 30.3 Å². The van der Waals surface area contributed by atoms with Crippen molar-refractivity contribution in [3.05, 3.63) is 89.6 Å². The number of pyridine rings is 1. The van der Waals surface area contributed by atoms with Gasteiger partial charge in [0.1, 0.15) is 11.6 Å². The molecule has 2 heterocycles. The Balaban J connectivity index is 0.000000476. The number of nitrogens with zero attached hydrogens (tertiary/aromatic N) is 1. The van der Waals surface area contributed by atoms with Crippen molar-refractivity contribution in [1.29, 1.82) is 0 Å². The Morgan fingerprint density at radius 1 is 1.09 bits per heavy atom. The van der Waals surface area contributed by atoms with Crippen LogP contribution in [0.15, 0.2) is 71.0 Å². The molecule has 4 aromatic rings. The van der Waals surface area contributed by atoms with Gasteiger partial charge in [0.05, 0.1) is 12.0 Å². The third kappa shape index (κ3) is 7.71. The molecule has 0 amide bonds. The summed E-state index contributed by atoms with van der Waals surface area (Å²) in [7, 11) is 0. The number of fused-ring (bicyclic) bond motifs is 1. The van der Waals surface area contributed by atoms with Gasteiger partial charge in [0.2, 0.25) is 0 Å². The molecule has 0 aliphatic carbocycles. The standard InChI is InChI=1S/C24H21FNO.C5H8O2.Ir/c1-15-9-17(11-19(10-15)24(2,3)4)21-12-18-13-22(27-23(18)14-26-21)16-5-7-20(25)8-6-16;1-4(6)3-5(2)7;/h5-8,10-14H,1-4H3;3,6H,1-2H3;/q-1;;/b;4-3-;. The van der Waals surface area contributed by atoms with Crippen molar-refractivity contribution in [3.8, 4) is 22.6 Å². The average Bonchev–Trinajstić information content (AvgIpc) is 3.16. The molecule has 4 nitrogen and oxygen atoms in total. The Morgan fingerprint density at radius 3 is 2.29 bits per heavy atom. The number of hydrogen-bond acceptors (Lipinski definition) is 4. The van der Waals surface area contributed by atoms with Crippen LogP contribution in [0.1, 0.15) is 45.7 Å². The molecule has 0 saturated carbocycles. The number of rotatable bonds is 3. The molecule has 0 bridgehead atoms. The van der Waals surface area contributed by atoms with Crippen LogP contribution in [0, 0.1) is 18.8 Å². The normalized spacial score (nSPS) is 11.5. The molecule has 2 aromatic carbocycles. The minimum absolute atomic E-state index is 0. The molecule has 4 rings (SSSR count). The van der Waals surface area contributed by atoms with Crippen LogP contribution in [0.5, 0.6) is 0 Å². The minimum Gasteiger partial charge on any atom is -0.512 e. The van der Waals surface area contributed by atoms with Crippen molar-refractivity contribution in [3.63, 3.8) is 0 Å². The molecule has 0 atom stereocenters. The maximum Gasteiger partial charge on any atom is 0.155 e. The first-order valence-electron chi connectivity index (χ1n) is 11.0. The smallest absolute Gasteiger partial charge is 0.155 e. The van der Waals surface area contributed by atoms with Crippen molar-refractivity contribution in [1.82, 2.24) is 4.98 Å². The second-order valence-corrected chi connectivity index (χ2v) is 9.34. The van der Waals surface area contributed by atoms with Crippen LogP contribution >= 0.6 is 0 Å². The first-order valence-corrected chi connectivity index (χ1v) is 11.0. The summed E-state index contributed by atoms with van der Waals surface area (Å²) in [6.07, 6.45) is 2.91. The fourth-order valence-electron chi connectivity index (χ4n) is 3.43. The SMILES string of the molecule is CC(=O)/C=C(/C)O.Cc1[c-]c(-c2cc3cc(-c4ccc(F)cc4)oc3cn2)cc(C(C)(C)C)c1.[Ir]. The monoisotopic (exact) mass is 651 g/mol. The first kappa shape index (κ1) is 28.2.